The summed E-state index contributed by atoms with van der Waals surface area (Å²) in [7, 11) is 1.99. The van der Waals surface area contributed by atoms with Crippen LogP contribution >= 0.6 is 0 Å². The van der Waals surface area contributed by atoms with E-state index in [1.165, 1.54) is 0 Å². The SMILES string of the molecule is Cc1nc2cc(CCCC(=O)NCCC(=O)O)ccc2n1C. The smallest absolute Gasteiger partial charge is 0.305 e. The van der Waals surface area contributed by atoms with Crippen LogP contribution < -0.4 is 5.32 Å². The first-order valence-electron chi connectivity index (χ1n) is 7.38. The summed E-state index contributed by atoms with van der Waals surface area (Å²) in [5, 5.41) is 11.1. The van der Waals surface area contributed by atoms with Crippen molar-refractivity contribution in [1.29, 1.82) is 0 Å². The number of hydrogen-bond donors (Lipinski definition) is 2. The number of fused-ring (bicyclic) bond motifs is 1. The van der Waals surface area contributed by atoms with E-state index in [1.54, 1.807) is 0 Å². The maximum Gasteiger partial charge on any atom is 0.305 e. The van der Waals surface area contributed by atoms with Crippen molar-refractivity contribution in [3.63, 3.8) is 0 Å². The zero-order chi connectivity index (χ0) is 16.1. The summed E-state index contributed by atoms with van der Waals surface area (Å²) in [6, 6.07) is 6.17. The Balaban J connectivity index is 1.82. The number of nitrogens with zero attached hydrogens (tertiary/aromatic N) is 2. The van der Waals surface area contributed by atoms with Gasteiger partial charge in [-0.05, 0) is 37.5 Å². The van der Waals surface area contributed by atoms with E-state index < -0.39 is 5.97 Å². The lowest BCUT2D eigenvalue weighted by Crippen LogP contribution is -2.25. The van der Waals surface area contributed by atoms with Gasteiger partial charge in [-0.15, -0.1) is 0 Å². The first-order chi connectivity index (χ1) is 10.5. The standard InChI is InChI=1S/C16H21N3O3/c1-11-18-13-10-12(6-7-14(13)19(11)2)4-3-5-15(20)17-9-8-16(21)22/h6-7,10H,3-5,8-9H2,1-2H3,(H,17,20)(H,21,22). The molecular weight excluding hydrogens is 282 g/mol. The van der Waals surface area contributed by atoms with Crippen LogP contribution in [0.1, 0.15) is 30.7 Å². The molecule has 0 bridgehead atoms. The fourth-order valence-electron chi connectivity index (χ4n) is 2.37. The first kappa shape index (κ1) is 16.0. The van der Waals surface area contributed by atoms with Crippen molar-refractivity contribution < 1.29 is 14.7 Å². The zero-order valence-electron chi connectivity index (χ0n) is 12.9. The Morgan fingerprint density at radius 2 is 2.09 bits per heavy atom. The average molecular weight is 303 g/mol. The Morgan fingerprint density at radius 3 is 2.82 bits per heavy atom. The molecule has 2 rings (SSSR count). The molecule has 0 atom stereocenters. The number of carboxylic acids is 1. The van der Waals surface area contributed by atoms with Crippen molar-refractivity contribution in [3.8, 4) is 0 Å². The molecular formula is C16H21N3O3. The fraction of sp³-hybridized carbons (Fsp3) is 0.438. The third kappa shape index (κ3) is 4.07. The quantitative estimate of drug-likeness (QED) is 0.817. The number of carbonyl (C=O) groups excluding carboxylic acids is 1. The zero-order valence-corrected chi connectivity index (χ0v) is 12.9. The summed E-state index contributed by atoms with van der Waals surface area (Å²) in [6.45, 7) is 2.16. The van der Waals surface area contributed by atoms with Crippen LogP contribution in [0.4, 0.5) is 0 Å². The second kappa shape index (κ2) is 7.06. The predicted octanol–water partition coefficient (Wildman–Crippen LogP) is 1.80. The van der Waals surface area contributed by atoms with Gasteiger partial charge >= 0.3 is 5.97 Å². The lowest BCUT2D eigenvalue weighted by molar-refractivity contribution is -0.136. The van der Waals surface area contributed by atoms with Gasteiger partial charge < -0.3 is 15.0 Å². The number of aromatic nitrogens is 2. The van der Waals surface area contributed by atoms with Crippen molar-refractivity contribution in [1.82, 2.24) is 14.9 Å². The van der Waals surface area contributed by atoms with E-state index in [1.807, 2.05) is 14.0 Å². The minimum absolute atomic E-state index is 0.0402. The topological polar surface area (TPSA) is 84.2 Å². The maximum atomic E-state index is 11.6. The number of nitrogens with one attached hydrogen (secondary N) is 1. The highest BCUT2D eigenvalue weighted by molar-refractivity contribution is 5.77. The molecule has 6 nitrogen and oxygen atoms in total. The predicted molar refractivity (Wildman–Crippen MR) is 83.7 cm³/mol. The molecule has 0 aliphatic heterocycles. The largest absolute Gasteiger partial charge is 0.481 e. The second-order valence-corrected chi connectivity index (χ2v) is 5.39. The van der Waals surface area contributed by atoms with Crippen LogP contribution in [0.3, 0.4) is 0 Å². The lowest BCUT2D eigenvalue weighted by atomic mass is 10.1. The Kier molecular flexibility index (Phi) is 5.14. The summed E-state index contributed by atoms with van der Waals surface area (Å²) < 4.78 is 2.05. The summed E-state index contributed by atoms with van der Waals surface area (Å²) in [4.78, 5) is 26.4. The van der Waals surface area contributed by atoms with E-state index in [-0.39, 0.29) is 18.9 Å². The van der Waals surface area contributed by atoms with E-state index in [9.17, 15) is 9.59 Å². The highest BCUT2D eigenvalue weighted by Gasteiger charge is 2.06. The molecule has 22 heavy (non-hydrogen) atoms. The number of imidazole rings is 1. The number of aliphatic carboxylic acids is 1. The highest BCUT2D eigenvalue weighted by Crippen LogP contribution is 2.17. The molecule has 0 aliphatic rings. The first-order valence-corrected chi connectivity index (χ1v) is 7.38. The average Bonchev–Trinajstić information content (AvgIpc) is 2.73. The number of carboxylic acid groups (broad SMARTS) is 1. The summed E-state index contributed by atoms with van der Waals surface area (Å²) in [5.41, 5.74) is 3.24. The van der Waals surface area contributed by atoms with Crippen molar-refractivity contribution >= 4 is 22.9 Å². The molecule has 1 aromatic heterocycles. The molecule has 118 valence electrons. The molecule has 1 heterocycles. The van der Waals surface area contributed by atoms with Crippen LogP contribution in [-0.2, 0) is 23.1 Å². The van der Waals surface area contributed by atoms with E-state index in [4.69, 9.17) is 5.11 Å². The van der Waals surface area contributed by atoms with Gasteiger partial charge in [0.15, 0.2) is 0 Å². The minimum Gasteiger partial charge on any atom is -0.481 e. The molecule has 1 aromatic carbocycles. The number of carbonyl (C=O) groups is 2. The Bertz CT molecular complexity index is 691. The fourth-order valence-corrected chi connectivity index (χ4v) is 2.37. The number of benzene rings is 1. The van der Waals surface area contributed by atoms with Crippen LogP contribution in [0.2, 0.25) is 0 Å². The van der Waals surface area contributed by atoms with Crippen LogP contribution in [0.15, 0.2) is 18.2 Å². The molecule has 0 aliphatic carbocycles. The summed E-state index contributed by atoms with van der Waals surface area (Å²) in [5.74, 6) is -0.0276. The van der Waals surface area contributed by atoms with Crippen molar-refractivity contribution in [2.24, 2.45) is 7.05 Å². The monoisotopic (exact) mass is 303 g/mol. The number of hydrogen-bond acceptors (Lipinski definition) is 3. The van der Waals surface area contributed by atoms with Gasteiger partial charge in [0.1, 0.15) is 5.82 Å². The number of rotatable bonds is 7. The van der Waals surface area contributed by atoms with E-state index in [0.29, 0.717) is 6.42 Å². The van der Waals surface area contributed by atoms with E-state index in [0.717, 1.165) is 35.3 Å². The normalized spacial score (nSPS) is 10.8. The van der Waals surface area contributed by atoms with Gasteiger partial charge in [-0.3, -0.25) is 9.59 Å². The van der Waals surface area contributed by atoms with Gasteiger partial charge in [-0.2, -0.15) is 0 Å². The third-order valence-corrected chi connectivity index (χ3v) is 3.70. The van der Waals surface area contributed by atoms with Crippen LogP contribution in [0.5, 0.6) is 0 Å². The van der Waals surface area contributed by atoms with Gasteiger partial charge in [-0.1, -0.05) is 6.07 Å². The minimum atomic E-state index is -0.903. The molecule has 2 N–H and O–H groups in total. The Labute approximate surface area is 129 Å². The van der Waals surface area contributed by atoms with Gasteiger partial charge in [0.2, 0.25) is 5.91 Å². The van der Waals surface area contributed by atoms with Crippen molar-refractivity contribution in [2.75, 3.05) is 6.54 Å². The molecule has 0 fully saturated rings. The molecule has 1 amide bonds. The number of amides is 1. The van der Waals surface area contributed by atoms with Crippen molar-refractivity contribution in [3.05, 3.63) is 29.6 Å². The van der Waals surface area contributed by atoms with Crippen LogP contribution in [-0.4, -0.2) is 33.1 Å². The molecule has 0 saturated carbocycles. The molecule has 0 spiro atoms. The molecule has 2 aromatic rings. The Morgan fingerprint density at radius 1 is 1.32 bits per heavy atom. The lowest BCUT2D eigenvalue weighted by Gasteiger charge is -2.04. The number of aryl methyl sites for hydroxylation is 3. The molecule has 0 unspecified atom stereocenters. The van der Waals surface area contributed by atoms with E-state index >= 15 is 0 Å². The van der Waals surface area contributed by atoms with Crippen molar-refractivity contribution in [2.45, 2.75) is 32.6 Å². The van der Waals surface area contributed by atoms with Crippen LogP contribution in [0.25, 0.3) is 11.0 Å². The van der Waals surface area contributed by atoms with E-state index in [2.05, 4.69) is 33.1 Å². The third-order valence-electron chi connectivity index (χ3n) is 3.70. The summed E-state index contributed by atoms with van der Waals surface area (Å²) >= 11 is 0. The maximum absolute atomic E-state index is 11.6. The van der Waals surface area contributed by atoms with Gasteiger partial charge in [0, 0.05) is 20.0 Å². The molecule has 0 radical (unpaired) electrons. The van der Waals surface area contributed by atoms with Gasteiger partial charge in [0.05, 0.1) is 17.5 Å². The summed E-state index contributed by atoms with van der Waals surface area (Å²) in [6.07, 6.45) is 1.90. The highest BCUT2D eigenvalue weighted by atomic mass is 16.4. The van der Waals surface area contributed by atoms with Crippen LogP contribution in [0, 0.1) is 6.92 Å². The molecule has 0 saturated heterocycles. The molecule has 6 heteroatoms. The van der Waals surface area contributed by atoms with Gasteiger partial charge in [-0.25, -0.2) is 4.98 Å². The Hall–Kier alpha value is -2.37. The second-order valence-electron chi connectivity index (χ2n) is 5.39. The van der Waals surface area contributed by atoms with Gasteiger partial charge in [0.25, 0.3) is 0 Å².